The summed E-state index contributed by atoms with van der Waals surface area (Å²) in [6.07, 6.45) is 1.35. The van der Waals surface area contributed by atoms with Crippen LogP contribution in [0.2, 0.25) is 0 Å². The summed E-state index contributed by atoms with van der Waals surface area (Å²) < 4.78 is 11.6. The Labute approximate surface area is 138 Å². The number of hydrogen-bond acceptors (Lipinski definition) is 4. The summed E-state index contributed by atoms with van der Waals surface area (Å²) in [6.45, 7) is 4.58. The highest BCUT2D eigenvalue weighted by Crippen LogP contribution is 2.31. The van der Waals surface area contributed by atoms with E-state index in [1.54, 1.807) is 0 Å². The van der Waals surface area contributed by atoms with Crippen molar-refractivity contribution in [2.75, 3.05) is 33.3 Å². The summed E-state index contributed by atoms with van der Waals surface area (Å²) in [6, 6.07) is 7.64. The Hall–Kier alpha value is -1.46. The van der Waals surface area contributed by atoms with Crippen LogP contribution in [0.5, 0.6) is 11.5 Å². The molecule has 5 nitrogen and oxygen atoms in total. The van der Waals surface area contributed by atoms with E-state index in [-0.39, 0.29) is 24.4 Å². The molecule has 0 fully saturated rings. The SMILES string of the molecule is CCCN(CC1COc2ccccc2O1)C(=O)CCNC.Cl. The van der Waals surface area contributed by atoms with Crippen molar-refractivity contribution in [3.63, 3.8) is 0 Å². The third kappa shape index (κ3) is 5.07. The van der Waals surface area contributed by atoms with Crippen LogP contribution >= 0.6 is 12.4 Å². The smallest absolute Gasteiger partial charge is 0.223 e. The number of carbonyl (C=O) groups is 1. The largest absolute Gasteiger partial charge is 0.486 e. The fraction of sp³-hybridized carbons (Fsp3) is 0.562. The number of hydrogen-bond donors (Lipinski definition) is 1. The molecule has 1 aliphatic rings. The van der Waals surface area contributed by atoms with Crippen LogP contribution < -0.4 is 14.8 Å². The van der Waals surface area contributed by atoms with Gasteiger partial charge in [0.1, 0.15) is 6.61 Å². The van der Waals surface area contributed by atoms with Gasteiger partial charge in [0.25, 0.3) is 0 Å². The topological polar surface area (TPSA) is 50.8 Å². The summed E-state index contributed by atoms with van der Waals surface area (Å²) >= 11 is 0. The van der Waals surface area contributed by atoms with Gasteiger partial charge in [0.2, 0.25) is 5.91 Å². The molecule has 1 aromatic carbocycles. The van der Waals surface area contributed by atoms with Crippen LogP contribution in [0.15, 0.2) is 24.3 Å². The number of para-hydroxylation sites is 2. The van der Waals surface area contributed by atoms with Crippen LogP contribution in [0.1, 0.15) is 19.8 Å². The highest BCUT2D eigenvalue weighted by molar-refractivity contribution is 5.85. The molecule has 0 radical (unpaired) electrons. The third-order valence-corrected chi connectivity index (χ3v) is 3.43. The molecular formula is C16H25ClN2O3. The van der Waals surface area contributed by atoms with Crippen LogP contribution in [-0.2, 0) is 4.79 Å². The minimum atomic E-state index is -0.106. The first kappa shape index (κ1) is 18.6. The van der Waals surface area contributed by atoms with Gasteiger partial charge in [0.15, 0.2) is 17.6 Å². The number of carbonyl (C=O) groups excluding carboxylic acids is 1. The predicted octanol–water partition coefficient (Wildman–Crippen LogP) is 2.10. The normalized spacial score (nSPS) is 15.8. The monoisotopic (exact) mass is 328 g/mol. The lowest BCUT2D eigenvalue weighted by molar-refractivity contribution is -0.132. The minimum Gasteiger partial charge on any atom is -0.486 e. The Morgan fingerprint density at radius 2 is 2.09 bits per heavy atom. The van der Waals surface area contributed by atoms with E-state index in [0.29, 0.717) is 26.1 Å². The first-order chi connectivity index (χ1) is 10.2. The maximum absolute atomic E-state index is 12.2. The molecule has 0 aliphatic carbocycles. The summed E-state index contributed by atoms with van der Waals surface area (Å²) in [4.78, 5) is 14.1. The van der Waals surface area contributed by atoms with Crippen LogP contribution in [0.3, 0.4) is 0 Å². The highest BCUT2D eigenvalue weighted by Gasteiger charge is 2.24. The van der Waals surface area contributed by atoms with Crippen molar-refractivity contribution in [1.29, 1.82) is 0 Å². The number of rotatable bonds is 7. The summed E-state index contributed by atoms with van der Waals surface area (Å²) in [5.41, 5.74) is 0. The second-order valence-electron chi connectivity index (χ2n) is 5.19. The molecule has 1 aromatic rings. The first-order valence-electron chi connectivity index (χ1n) is 7.55. The van der Waals surface area contributed by atoms with Crippen molar-refractivity contribution in [1.82, 2.24) is 10.2 Å². The molecule has 1 heterocycles. The van der Waals surface area contributed by atoms with Crippen molar-refractivity contribution in [3.8, 4) is 11.5 Å². The number of ether oxygens (including phenoxy) is 2. The fourth-order valence-corrected chi connectivity index (χ4v) is 2.38. The average Bonchev–Trinajstić information content (AvgIpc) is 2.52. The molecule has 124 valence electrons. The van der Waals surface area contributed by atoms with Gasteiger partial charge in [0.05, 0.1) is 6.54 Å². The van der Waals surface area contributed by atoms with Gasteiger partial charge in [-0.05, 0) is 25.6 Å². The number of amides is 1. The van der Waals surface area contributed by atoms with E-state index in [1.807, 2.05) is 36.2 Å². The molecule has 0 aromatic heterocycles. The molecule has 0 spiro atoms. The maximum atomic E-state index is 12.2. The van der Waals surface area contributed by atoms with Crippen molar-refractivity contribution in [2.45, 2.75) is 25.9 Å². The Balaban J connectivity index is 0.00000242. The molecule has 0 saturated carbocycles. The second-order valence-corrected chi connectivity index (χ2v) is 5.19. The van der Waals surface area contributed by atoms with Gasteiger partial charge in [-0.2, -0.15) is 0 Å². The van der Waals surface area contributed by atoms with Gasteiger partial charge in [-0.1, -0.05) is 19.1 Å². The van der Waals surface area contributed by atoms with Crippen LogP contribution in [-0.4, -0.2) is 50.2 Å². The van der Waals surface area contributed by atoms with E-state index >= 15 is 0 Å². The maximum Gasteiger partial charge on any atom is 0.223 e. The number of benzene rings is 1. The highest BCUT2D eigenvalue weighted by atomic mass is 35.5. The number of nitrogens with zero attached hydrogens (tertiary/aromatic N) is 1. The molecule has 1 aliphatic heterocycles. The van der Waals surface area contributed by atoms with Gasteiger partial charge >= 0.3 is 0 Å². The lowest BCUT2D eigenvalue weighted by Crippen LogP contribution is -2.44. The predicted molar refractivity (Wildman–Crippen MR) is 89.0 cm³/mol. The van der Waals surface area contributed by atoms with Gasteiger partial charge in [-0.15, -0.1) is 12.4 Å². The van der Waals surface area contributed by atoms with E-state index in [9.17, 15) is 4.79 Å². The Morgan fingerprint density at radius 1 is 1.36 bits per heavy atom. The zero-order valence-electron chi connectivity index (χ0n) is 13.2. The lowest BCUT2D eigenvalue weighted by atomic mass is 10.2. The van der Waals surface area contributed by atoms with E-state index < -0.39 is 0 Å². The average molecular weight is 329 g/mol. The molecule has 1 unspecified atom stereocenters. The summed E-state index contributed by atoms with van der Waals surface area (Å²) in [5, 5.41) is 3.01. The van der Waals surface area contributed by atoms with E-state index in [2.05, 4.69) is 12.2 Å². The zero-order chi connectivity index (χ0) is 15.1. The number of halogens is 1. The molecule has 1 amide bonds. The van der Waals surface area contributed by atoms with Crippen molar-refractivity contribution in [3.05, 3.63) is 24.3 Å². The minimum absolute atomic E-state index is 0. The van der Waals surface area contributed by atoms with E-state index in [1.165, 1.54) is 0 Å². The van der Waals surface area contributed by atoms with E-state index in [0.717, 1.165) is 24.5 Å². The Kier molecular flexibility index (Phi) is 8.06. The molecule has 1 atom stereocenters. The van der Waals surface area contributed by atoms with Crippen molar-refractivity contribution < 1.29 is 14.3 Å². The standard InChI is InChI=1S/C16H24N2O3.ClH/c1-3-10-18(16(19)8-9-17-2)11-13-12-20-14-6-4-5-7-15(14)21-13;/h4-7,13,17H,3,8-12H2,1-2H3;1H. The number of nitrogens with one attached hydrogen (secondary N) is 1. The molecule has 0 saturated heterocycles. The second kappa shape index (κ2) is 9.54. The van der Waals surface area contributed by atoms with Crippen LogP contribution in [0, 0.1) is 0 Å². The molecule has 6 heteroatoms. The lowest BCUT2D eigenvalue weighted by Gasteiger charge is -2.31. The van der Waals surface area contributed by atoms with Crippen LogP contribution in [0.4, 0.5) is 0 Å². The van der Waals surface area contributed by atoms with Crippen molar-refractivity contribution in [2.24, 2.45) is 0 Å². The van der Waals surface area contributed by atoms with E-state index in [4.69, 9.17) is 9.47 Å². The quantitative estimate of drug-likeness (QED) is 0.832. The molecule has 22 heavy (non-hydrogen) atoms. The molecular weight excluding hydrogens is 304 g/mol. The van der Waals surface area contributed by atoms with Crippen LogP contribution in [0.25, 0.3) is 0 Å². The fourth-order valence-electron chi connectivity index (χ4n) is 2.38. The third-order valence-electron chi connectivity index (χ3n) is 3.43. The zero-order valence-corrected chi connectivity index (χ0v) is 14.0. The Morgan fingerprint density at radius 3 is 2.77 bits per heavy atom. The summed E-state index contributed by atoms with van der Waals surface area (Å²) in [5.74, 6) is 1.69. The molecule has 2 rings (SSSR count). The van der Waals surface area contributed by atoms with Gasteiger partial charge < -0.3 is 19.7 Å². The molecule has 0 bridgehead atoms. The summed E-state index contributed by atoms with van der Waals surface area (Å²) in [7, 11) is 1.85. The van der Waals surface area contributed by atoms with Gasteiger partial charge in [-0.3, -0.25) is 4.79 Å². The van der Waals surface area contributed by atoms with Crippen molar-refractivity contribution >= 4 is 18.3 Å². The molecule has 1 N–H and O–H groups in total. The first-order valence-corrected chi connectivity index (χ1v) is 7.55. The van der Waals surface area contributed by atoms with Gasteiger partial charge in [-0.25, -0.2) is 0 Å². The Bertz CT molecular complexity index is 470. The number of fused-ring (bicyclic) bond motifs is 1. The van der Waals surface area contributed by atoms with Gasteiger partial charge in [0, 0.05) is 19.5 Å².